The van der Waals surface area contributed by atoms with E-state index < -0.39 is 9.84 Å². The lowest BCUT2D eigenvalue weighted by molar-refractivity contribution is -0.00387. The van der Waals surface area contributed by atoms with Crippen LogP contribution in [0.5, 0.6) is 0 Å². The van der Waals surface area contributed by atoms with E-state index in [4.69, 9.17) is 4.74 Å². The van der Waals surface area contributed by atoms with Crippen LogP contribution in [0, 0.1) is 0 Å². The average molecular weight is 290 g/mol. The number of hydrogen-bond donors (Lipinski definition) is 1. The van der Waals surface area contributed by atoms with Crippen molar-refractivity contribution in [2.75, 3.05) is 44.4 Å². The van der Waals surface area contributed by atoms with E-state index in [-0.39, 0.29) is 5.75 Å². The van der Waals surface area contributed by atoms with Crippen LogP contribution in [0.3, 0.4) is 0 Å². The normalized spacial score (nSPS) is 25.6. The van der Waals surface area contributed by atoms with Gasteiger partial charge in [0.1, 0.15) is 0 Å². The molecule has 0 aromatic carbocycles. The molecule has 1 saturated carbocycles. The highest BCUT2D eigenvalue weighted by Gasteiger charge is 2.27. The van der Waals surface area contributed by atoms with Gasteiger partial charge in [-0.3, -0.25) is 4.90 Å². The lowest BCUT2D eigenvalue weighted by Gasteiger charge is -2.35. The van der Waals surface area contributed by atoms with E-state index in [9.17, 15) is 8.42 Å². The second kappa shape index (κ2) is 7.02. The van der Waals surface area contributed by atoms with E-state index in [0.717, 1.165) is 13.1 Å². The summed E-state index contributed by atoms with van der Waals surface area (Å²) in [6.45, 7) is 5.75. The van der Waals surface area contributed by atoms with Gasteiger partial charge in [-0.05, 0) is 19.3 Å². The van der Waals surface area contributed by atoms with Crippen LogP contribution in [0.2, 0.25) is 0 Å². The molecular formula is C13H26N2O3S. The standard InChI is InChI=1S/C13H26N2O3S/c1-2-8-19(16,17)9-6-15-5-7-18-11-13(15)10-14-12-3-4-12/h12-14H,2-11H2,1H3. The molecule has 2 rings (SSSR count). The minimum absolute atomic E-state index is 0.279. The molecule has 6 heteroatoms. The monoisotopic (exact) mass is 290 g/mol. The Morgan fingerprint density at radius 1 is 1.32 bits per heavy atom. The molecule has 2 fully saturated rings. The summed E-state index contributed by atoms with van der Waals surface area (Å²) < 4.78 is 29.1. The van der Waals surface area contributed by atoms with Crippen LogP contribution in [0.15, 0.2) is 0 Å². The molecule has 1 unspecified atom stereocenters. The smallest absolute Gasteiger partial charge is 0.151 e. The summed E-state index contributed by atoms with van der Waals surface area (Å²) in [5.74, 6) is 0.586. The van der Waals surface area contributed by atoms with E-state index >= 15 is 0 Å². The number of nitrogens with zero attached hydrogens (tertiary/aromatic N) is 1. The van der Waals surface area contributed by atoms with Gasteiger partial charge in [-0.2, -0.15) is 0 Å². The second-order valence-corrected chi connectivity index (χ2v) is 7.90. The molecule has 2 aliphatic rings. The first-order valence-electron chi connectivity index (χ1n) is 7.36. The molecule has 1 N–H and O–H groups in total. The summed E-state index contributed by atoms with van der Waals surface area (Å²) in [7, 11) is -2.88. The van der Waals surface area contributed by atoms with Gasteiger partial charge in [0.05, 0.1) is 19.0 Å². The molecule has 0 amide bonds. The van der Waals surface area contributed by atoms with E-state index in [0.29, 0.717) is 44.0 Å². The first-order chi connectivity index (χ1) is 9.11. The van der Waals surface area contributed by atoms with Gasteiger partial charge >= 0.3 is 0 Å². The number of sulfone groups is 1. The number of ether oxygens (including phenoxy) is 1. The van der Waals surface area contributed by atoms with E-state index in [1.54, 1.807) is 0 Å². The molecule has 1 heterocycles. The number of nitrogens with one attached hydrogen (secondary N) is 1. The van der Waals surface area contributed by atoms with Crippen molar-refractivity contribution in [3.05, 3.63) is 0 Å². The number of hydrogen-bond acceptors (Lipinski definition) is 5. The second-order valence-electron chi connectivity index (χ2n) is 5.60. The zero-order chi connectivity index (χ0) is 13.7. The predicted octanol–water partition coefficient (Wildman–Crippen LogP) is 0.264. The third kappa shape index (κ3) is 5.38. The van der Waals surface area contributed by atoms with E-state index in [2.05, 4.69) is 10.2 Å². The SMILES string of the molecule is CCCS(=O)(=O)CCN1CCOCC1CNC1CC1. The first kappa shape index (κ1) is 15.2. The van der Waals surface area contributed by atoms with E-state index in [1.807, 2.05) is 6.92 Å². The van der Waals surface area contributed by atoms with Crippen molar-refractivity contribution in [1.82, 2.24) is 10.2 Å². The fourth-order valence-electron chi connectivity index (χ4n) is 2.43. The van der Waals surface area contributed by atoms with Crippen molar-refractivity contribution in [1.29, 1.82) is 0 Å². The zero-order valence-electron chi connectivity index (χ0n) is 11.8. The van der Waals surface area contributed by atoms with Gasteiger partial charge in [-0.25, -0.2) is 8.42 Å². The number of rotatable bonds is 8. The lowest BCUT2D eigenvalue weighted by Crippen LogP contribution is -2.52. The van der Waals surface area contributed by atoms with Gasteiger partial charge < -0.3 is 10.1 Å². The maximum absolute atomic E-state index is 11.8. The molecule has 0 aromatic rings. The van der Waals surface area contributed by atoms with Crippen molar-refractivity contribution in [3.8, 4) is 0 Å². The van der Waals surface area contributed by atoms with Crippen molar-refractivity contribution < 1.29 is 13.2 Å². The molecule has 0 spiro atoms. The molecule has 19 heavy (non-hydrogen) atoms. The van der Waals surface area contributed by atoms with Crippen molar-refractivity contribution in [3.63, 3.8) is 0 Å². The Morgan fingerprint density at radius 2 is 2.11 bits per heavy atom. The summed E-state index contributed by atoms with van der Waals surface area (Å²) in [6, 6.07) is 1.01. The Labute approximate surface area is 116 Å². The summed E-state index contributed by atoms with van der Waals surface area (Å²) in [5, 5.41) is 3.51. The Bertz CT molecular complexity index is 368. The van der Waals surface area contributed by atoms with Crippen LogP contribution < -0.4 is 5.32 Å². The van der Waals surface area contributed by atoms with Gasteiger partial charge in [-0.1, -0.05) is 6.92 Å². The van der Waals surface area contributed by atoms with Crippen LogP contribution in [-0.4, -0.2) is 69.8 Å². The largest absolute Gasteiger partial charge is 0.378 e. The average Bonchev–Trinajstić information content (AvgIpc) is 3.19. The lowest BCUT2D eigenvalue weighted by atomic mass is 10.2. The van der Waals surface area contributed by atoms with Crippen LogP contribution >= 0.6 is 0 Å². The molecule has 0 bridgehead atoms. The molecule has 1 atom stereocenters. The molecular weight excluding hydrogens is 264 g/mol. The van der Waals surface area contributed by atoms with Gasteiger partial charge in [0.15, 0.2) is 9.84 Å². The zero-order valence-corrected chi connectivity index (χ0v) is 12.6. The Balaban J connectivity index is 1.77. The maximum Gasteiger partial charge on any atom is 0.151 e. The van der Waals surface area contributed by atoms with Gasteiger partial charge in [0.2, 0.25) is 0 Å². The Morgan fingerprint density at radius 3 is 2.79 bits per heavy atom. The van der Waals surface area contributed by atoms with Gasteiger partial charge in [0, 0.05) is 37.5 Å². The summed E-state index contributed by atoms with van der Waals surface area (Å²) in [6.07, 6.45) is 3.26. The highest BCUT2D eigenvalue weighted by atomic mass is 32.2. The van der Waals surface area contributed by atoms with Crippen LogP contribution in [0.25, 0.3) is 0 Å². The molecule has 1 aliphatic carbocycles. The van der Waals surface area contributed by atoms with Crippen molar-refractivity contribution >= 4 is 9.84 Å². The van der Waals surface area contributed by atoms with Gasteiger partial charge in [0.25, 0.3) is 0 Å². The van der Waals surface area contributed by atoms with Gasteiger partial charge in [-0.15, -0.1) is 0 Å². The fraction of sp³-hybridized carbons (Fsp3) is 1.00. The predicted molar refractivity (Wildman–Crippen MR) is 76.1 cm³/mol. The molecule has 1 aliphatic heterocycles. The molecule has 0 aromatic heterocycles. The Kier molecular flexibility index (Phi) is 5.62. The topological polar surface area (TPSA) is 58.6 Å². The van der Waals surface area contributed by atoms with Crippen LogP contribution in [0.1, 0.15) is 26.2 Å². The highest BCUT2D eigenvalue weighted by molar-refractivity contribution is 7.91. The quantitative estimate of drug-likeness (QED) is 0.695. The molecule has 5 nitrogen and oxygen atoms in total. The summed E-state index contributed by atoms with van der Waals surface area (Å²) in [4.78, 5) is 2.27. The third-order valence-corrected chi connectivity index (χ3v) is 5.61. The van der Waals surface area contributed by atoms with Crippen LogP contribution in [0.4, 0.5) is 0 Å². The molecule has 0 radical (unpaired) electrons. The number of morpholine rings is 1. The Hall–Kier alpha value is -0.170. The maximum atomic E-state index is 11.8. The minimum atomic E-state index is -2.88. The molecule has 112 valence electrons. The van der Waals surface area contributed by atoms with Crippen LogP contribution in [-0.2, 0) is 14.6 Å². The van der Waals surface area contributed by atoms with Crippen molar-refractivity contribution in [2.45, 2.75) is 38.3 Å². The first-order valence-corrected chi connectivity index (χ1v) is 9.18. The highest BCUT2D eigenvalue weighted by Crippen LogP contribution is 2.19. The van der Waals surface area contributed by atoms with Crippen molar-refractivity contribution in [2.24, 2.45) is 0 Å². The summed E-state index contributed by atoms with van der Waals surface area (Å²) >= 11 is 0. The molecule has 1 saturated heterocycles. The fourth-order valence-corrected chi connectivity index (χ4v) is 3.77. The third-order valence-electron chi connectivity index (χ3n) is 3.77. The minimum Gasteiger partial charge on any atom is -0.378 e. The summed E-state index contributed by atoms with van der Waals surface area (Å²) in [5.41, 5.74) is 0. The van der Waals surface area contributed by atoms with E-state index in [1.165, 1.54) is 12.8 Å².